The second kappa shape index (κ2) is 4.29. The summed E-state index contributed by atoms with van der Waals surface area (Å²) in [7, 11) is 0.452. The SMILES string of the molecule is COC(NC(=O)O)[SiH](C)C. The predicted octanol–water partition coefficient (Wildman–Crippen LogP) is 0.252. The van der Waals surface area contributed by atoms with E-state index in [9.17, 15) is 4.79 Å². The van der Waals surface area contributed by atoms with Gasteiger partial charge in [-0.3, -0.25) is 5.32 Å². The van der Waals surface area contributed by atoms with Crippen molar-refractivity contribution in [2.45, 2.75) is 18.9 Å². The summed E-state index contributed by atoms with van der Waals surface area (Å²) in [4.78, 5) is 10.1. The molecule has 1 unspecified atom stereocenters. The molecule has 0 aromatic carbocycles. The normalized spacial score (nSPS) is 13.2. The maximum Gasteiger partial charge on any atom is 0.406 e. The van der Waals surface area contributed by atoms with E-state index in [1.807, 2.05) is 13.1 Å². The minimum absolute atomic E-state index is 0.266. The summed E-state index contributed by atoms with van der Waals surface area (Å²) in [6, 6.07) is 0. The van der Waals surface area contributed by atoms with Crippen LogP contribution in [0.1, 0.15) is 0 Å². The van der Waals surface area contributed by atoms with Crippen LogP contribution in [0.25, 0.3) is 0 Å². The zero-order valence-corrected chi connectivity index (χ0v) is 7.57. The number of rotatable bonds is 3. The molecule has 4 nitrogen and oxygen atoms in total. The fourth-order valence-electron chi connectivity index (χ4n) is 0.619. The Morgan fingerprint density at radius 2 is 2.20 bits per heavy atom. The number of nitrogens with one attached hydrogen (secondary N) is 1. The molecule has 0 fully saturated rings. The van der Waals surface area contributed by atoms with Crippen LogP contribution in [-0.2, 0) is 4.74 Å². The second-order valence-corrected chi connectivity index (χ2v) is 5.44. The minimum Gasteiger partial charge on any atom is -0.465 e. The number of amides is 1. The lowest BCUT2D eigenvalue weighted by Crippen LogP contribution is -2.43. The van der Waals surface area contributed by atoms with Crippen LogP contribution in [0, 0.1) is 0 Å². The molecule has 2 N–H and O–H groups in total. The number of ether oxygens (including phenoxy) is 1. The Hall–Kier alpha value is -0.553. The molecule has 0 rings (SSSR count). The highest BCUT2D eigenvalue weighted by Gasteiger charge is 2.14. The molecule has 60 valence electrons. The van der Waals surface area contributed by atoms with Crippen molar-refractivity contribution >= 4 is 14.9 Å². The van der Waals surface area contributed by atoms with Gasteiger partial charge in [0.05, 0.1) is 8.80 Å². The molecule has 0 radical (unpaired) electrons. The molecule has 1 atom stereocenters. The lowest BCUT2D eigenvalue weighted by molar-refractivity contribution is 0.121. The van der Waals surface area contributed by atoms with E-state index >= 15 is 0 Å². The van der Waals surface area contributed by atoms with Crippen LogP contribution >= 0.6 is 0 Å². The molecule has 5 heteroatoms. The number of hydrogen-bond donors (Lipinski definition) is 2. The van der Waals surface area contributed by atoms with E-state index in [0.29, 0.717) is 0 Å². The van der Waals surface area contributed by atoms with Crippen molar-refractivity contribution in [3.63, 3.8) is 0 Å². The van der Waals surface area contributed by atoms with Crippen molar-refractivity contribution < 1.29 is 14.6 Å². The Bertz CT molecular complexity index is 117. The lowest BCUT2D eigenvalue weighted by Gasteiger charge is -2.17. The van der Waals surface area contributed by atoms with Crippen molar-refractivity contribution in [2.75, 3.05) is 7.11 Å². The van der Waals surface area contributed by atoms with E-state index in [0.717, 1.165) is 0 Å². The van der Waals surface area contributed by atoms with Gasteiger partial charge in [-0.1, -0.05) is 13.1 Å². The topological polar surface area (TPSA) is 58.6 Å². The van der Waals surface area contributed by atoms with Crippen LogP contribution in [-0.4, -0.2) is 33.0 Å². The minimum atomic E-state index is -1.06. The van der Waals surface area contributed by atoms with Gasteiger partial charge in [0, 0.05) is 7.11 Å². The van der Waals surface area contributed by atoms with Gasteiger partial charge in [0.15, 0.2) is 0 Å². The van der Waals surface area contributed by atoms with Gasteiger partial charge in [-0.15, -0.1) is 0 Å². The molecular formula is C5H13NO3Si. The maximum atomic E-state index is 10.1. The number of hydrogen-bond acceptors (Lipinski definition) is 2. The summed E-state index contributed by atoms with van der Waals surface area (Å²) >= 11 is 0. The molecule has 0 aromatic rings. The van der Waals surface area contributed by atoms with Crippen LogP contribution in [0.2, 0.25) is 13.1 Å². The van der Waals surface area contributed by atoms with Gasteiger partial charge < -0.3 is 9.84 Å². The zero-order chi connectivity index (χ0) is 8.15. The van der Waals surface area contributed by atoms with Crippen molar-refractivity contribution in [1.29, 1.82) is 0 Å². The highest BCUT2D eigenvalue weighted by Crippen LogP contribution is 1.91. The third-order valence-electron chi connectivity index (χ3n) is 1.13. The maximum absolute atomic E-state index is 10.1. The summed E-state index contributed by atoms with van der Waals surface area (Å²) in [5.41, 5.74) is 0. The van der Waals surface area contributed by atoms with Crippen LogP contribution in [0.5, 0.6) is 0 Å². The van der Waals surface area contributed by atoms with E-state index < -0.39 is 14.9 Å². The molecule has 0 heterocycles. The van der Waals surface area contributed by atoms with E-state index in [4.69, 9.17) is 9.84 Å². The Balaban J connectivity index is 3.71. The standard InChI is InChI=1S/C5H13NO3Si/c1-9-5(10(2)3)6-4(7)8/h5-6,10H,1-3H3,(H,7,8). The quantitative estimate of drug-likeness (QED) is 0.463. The van der Waals surface area contributed by atoms with Crippen LogP contribution in [0.3, 0.4) is 0 Å². The smallest absolute Gasteiger partial charge is 0.406 e. The predicted molar refractivity (Wildman–Crippen MR) is 40.8 cm³/mol. The van der Waals surface area contributed by atoms with E-state index in [-0.39, 0.29) is 5.85 Å². The van der Waals surface area contributed by atoms with Crippen LogP contribution in [0.15, 0.2) is 0 Å². The monoisotopic (exact) mass is 163 g/mol. The molecular weight excluding hydrogens is 150 g/mol. The van der Waals surface area contributed by atoms with Gasteiger partial charge in [0.1, 0.15) is 5.85 Å². The van der Waals surface area contributed by atoms with Crippen LogP contribution in [0.4, 0.5) is 4.79 Å². The average molecular weight is 163 g/mol. The first-order valence-corrected chi connectivity index (χ1v) is 6.07. The molecule has 0 spiro atoms. The first-order chi connectivity index (χ1) is 4.57. The number of carboxylic acid groups (broad SMARTS) is 1. The first-order valence-electron chi connectivity index (χ1n) is 3.10. The fourth-order valence-corrected chi connectivity index (χ4v) is 1.64. The highest BCUT2D eigenvalue weighted by atomic mass is 28.3. The van der Waals surface area contributed by atoms with Gasteiger partial charge in [-0.25, -0.2) is 4.79 Å². The van der Waals surface area contributed by atoms with Crippen molar-refractivity contribution in [3.8, 4) is 0 Å². The molecule has 1 amide bonds. The summed E-state index contributed by atoms with van der Waals surface area (Å²) in [5.74, 6) is -0.266. The molecule has 10 heavy (non-hydrogen) atoms. The summed E-state index contributed by atoms with van der Waals surface area (Å²) < 4.78 is 4.89. The summed E-state index contributed by atoms with van der Waals surface area (Å²) in [5, 5.41) is 10.6. The number of methoxy groups -OCH3 is 1. The summed E-state index contributed by atoms with van der Waals surface area (Å²) in [6.07, 6.45) is -1.02. The average Bonchev–Trinajstić information content (AvgIpc) is 1.81. The molecule has 0 aliphatic carbocycles. The Kier molecular flexibility index (Phi) is 4.05. The van der Waals surface area contributed by atoms with Crippen LogP contribution < -0.4 is 5.32 Å². The van der Waals surface area contributed by atoms with Crippen molar-refractivity contribution in [1.82, 2.24) is 5.32 Å². The Morgan fingerprint density at radius 1 is 1.70 bits per heavy atom. The lowest BCUT2D eigenvalue weighted by atomic mass is 11.0. The molecule has 0 saturated carbocycles. The van der Waals surface area contributed by atoms with Gasteiger partial charge in [0.2, 0.25) is 0 Å². The molecule has 0 bridgehead atoms. The number of carbonyl (C=O) groups is 1. The molecule has 0 saturated heterocycles. The molecule has 0 aromatic heterocycles. The van der Waals surface area contributed by atoms with Gasteiger partial charge in [0.25, 0.3) is 0 Å². The van der Waals surface area contributed by atoms with Crippen molar-refractivity contribution in [3.05, 3.63) is 0 Å². The van der Waals surface area contributed by atoms with Crippen molar-refractivity contribution in [2.24, 2.45) is 0 Å². The second-order valence-electron chi connectivity index (χ2n) is 2.35. The third-order valence-corrected chi connectivity index (χ3v) is 2.77. The van der Waals surface area contributed by atoms with Gasteiger partial charge in [-0.05, 0) is 0 Å². The molecule has 0 aliphatic heterocycles. The van der Waals surface area contributed by atoms with Gasteiger partial charge in [-0.2, -0.15) is 0 Å². The first kappa shape index (κ1) is 9.45. The summed E-state index contributed by atoms with van der Waals surface area (Å²) in [6.45, 7) is 4.04. The fraction of sp³-hybridized carbons (Fsp3) is 0.800. The van der Waals surface area contributed by atoms with Gasteiger partial charge >= 0.3 is 6.09 Å². The van der Waals surface area contributed by atoms with E-state index in [1.54, 1.807) is 0 Å². The Labute approximate surface area is 61.8 Å². The molecule has 0 aliphatic rings. The Morgan fingerprint density at radius 3 is 2.30 bits per heavy atom. The largest absolute Gasteiger partial charge is 0.465 e. The zero-order valence-electron chi connectivity index (χ0n) is 6.42. The highest BCUT2D eigenvalue weighted by molar-refractivity contribution is 6.57. The van der Waals surface area contributed by atoms with E-state index in [2.05, 4.69) is 5.32 Å². The van der Waals surface area contributed by atoms with E-state index in [1.165, 1.54) is 7.11 Å². The third kappa shape index (κ3) is 3.47.